The number of thiazole rings is 1. The zero-order valence-corrected chi connectivity index (χ0v) is 7.82. The molecule has 0 aromatic carbocycles. The van der Waals surface area contributed by atoms with Crippen LogP contribution in [0.25, 0.3) is 0 Å². The number of hydrogen-bond acceptors (Lipinski definition) is 2. The lowest BCUT2D eigenvalue weighted by Crippen LogP contribution is -1.80. The molecule has 0 unspecified atom stereocenters. The quantitative estimate of drug-likeness (QED) is 0.630. The second-order valence-corrected chi connectivity index (χ2v) is 3.73. The van der Waals surface area contributed by atoms with Crippen LogP contribution >= 0.6 is 11.3 Å². The van der Waals surface area contributed by atoms with Crippen LogP contribution < -0.4 is 0 Å². The molecule has 1 heterocycles. The number of rotatable bonds is 3. The van der Waals surface area contributed by atoms with Crippen molar-refractivity contribution in [2.24, 2.45) is 0 Å². The maximum atomic E-state index is 4.20. The third-order valence-electron chi connectivity index (χ3n) is 1.39. The fourth-order valence-electron chi connectivity index (χ4n) is 0.861. The van der Waals surface area contributed by atoms with Crippen molar-refractivity contribution < 1.29 is 0 Å². The average molecular weight is 167 g/mol. The summed E-state index contributed by atoms with van der Waals surface area (Å²) in [4.78, 5) is 4.20. The molecule has 60 valence electrons. The first-order valence-electron chi connectivity index (χ1n) is 3.81. The molecule has 1 aromatic heterocycles. The summed E-state index contributed by atoms with van der Waals surface area (Å²) in [6, 6.07) is 0. The summed E-state index contributed by atoms with van der Waals surface area (Å²) in [5.74, 6) is 0. The summed E-state index contributed by atoms with van der Waals surface area (Å²) < 4.78 is 0. The van der Waals surface area contributed by atoms with Gasteiger partial charge in [-0.05, 0) is 20.3 Å². The molecule has 0 saturated carbocycles. The highest BCUT2D eigenvalue weighted by Gasteiger charge is 1.91. The minimum Gasteiger partial charge on any atom is -0.250 e. The lowest BCUT2D eigenvalue weighted by atomic mass is 10.2. The Bertz CT molecular complexity index is 220. The summed E-state index contributed by atoms with van der Waals surface area (Å²) in [5.41, 5.74) is 1.39. The zero-order valence-electron chi connectivity index (χ0n) is 7.00. The molecule has 0 bridgehead atoms. The van der Waals surface area contributed by atoms with E-state index in [1.54, 1.807) is 11.3 Å². The van der Waals surface area contributed by atoms with Gasteiger partial charge < -0.3 is 0 Å². The average Bonchev–Trinajstić information content (AvgIpc) is 2.39. The zero-order chi connectivity index (χ0) is 8.10. The van der Waals surface area contributed by atoms with Crippen molar-refractivity contribution in [1.29, 1.82) is 0 Å². The molecule has 0 spiro atoms. The Kier molecular flexibility index (Phi) is 3.30. The first-order chi connectivity index (χ1) is 5.29. The van der Waals surface area contributed by atoms with E-state index in [1.807, 2.05) is 11.6 Å². The van der Waals surface area contributed by atoms with Gasteiger partial charge in [0.1, 0.15) is 0 Å². The highest BCUT2D eigenvalue weighted by atomic mass is 32.1. The summed E-state index contributed by atoms with van der Waals surface area (Å²) in [5, 5.41) is 3.26. The Hall–Kier alpha value is -0.630. The van der Waals surface area contributed by atoms with Gasteiger partial charge in [-0.15, -0.1) is 11.3 Å². The molecule has 1 rings (SSSR count). The lowest BCUT2D eigenvalue weighted by molar-refractivity contribution is 0.970. The van der Waals surface area contributed by atoms with Crippen molar-refractivity contribution in [2.75, 3.05) is 0 Å². The highest BCUT2D eigenvalue weighted by molar-refractivity contribution is 7.09. The van der Waals surface area contributed by atoms with Crippen LogP contribution in [-0.4, -0.2) is 4.98 Å². The van der Waals surface area contributed by atoms with Crippen LogP contribution in [0.3, 0.4) is 0 Å². The molecule has 0 fully saturated rings. The van der Waals surface area contributed by atoms with E-state index in [0.717, 1.165) is 12.8 Å². The van der Waals surface area contributed by atoms with Crippen LogP contribution in [0.15, 0.2) is 23.2 Å². The monoisotopic (exact) mass is 167 g/mol. The summed E-state index contributed by atoms with van der Waals surface area (Å²) in [6.45, 7) is 4.25. The van der Waals surface area contributed by atoms with Gasteiger partial charge in [0.15, 0.2) is 0 Å². The minimum atomic E-state index is 1.09. The van der Waals surface area contributed by atoms with E-state index >= 15 is 0 Å². The predicted octanol–water partition coefficient (Wildman–Crippen LogP) is 3.04. The van der Waals surface area contributed by atoms with Crippen LogP contribution in [0.1, 0.15) is 25.3 Å². The molecule has 0 saturated heterocycles. The molecule has 11 heavy (non-hydrogen) atoms. The number of aromatic nitrogens is 1. The van der Waals surface area contributed by atoms with Crippen molar-refractivity contribution in [3.05, 3.63) is 28.2 Å². The normalized spacial score (nSPS) is 9.64. The van der Waals surface area contributed by atoms with Crippen LogP contribution in [0, 0.1) is 0 Å². The Morgan fingerprint density at radius 3 is 3.00 bits per heavy atom. The number of aryl methyl sites for hydroxylation is 1. The molecule has 0 atom stereocenters. The van der Waals surface area contributed by atoms with Crippen molar-refractivity contribution in [1.82, 2.24) is 4.98 Å². The largest absolute Gasteiger partial charge is 0.250 e. The fourth-order valence-corrected chi connectivity index (χ4v) is 1.50. The molecule has 1 aromatic rings. The number of allylic oxidation sites excluding steroid dienone is 2. The molecule has 0 amide bonds. The van der Waals surface area contributed by atoms with Gasteiger partial charge >= 0.3 is 0 Å². The van der Waals surface area contributed by atoms with Crippen LogP contribution in [0.4, 0.5) is 0 Å². The Morgan fingerprint density at radius 1 is 1.64 bits per heavy atom. The van der Waals surface area contributed by atoms with Gasteiger partial charge in [0.05, 0.1) is 5.01 Å². The van der Waals surface area contributed by atoms with E-state index in [1.165, 1.54) is 10.6 Å². The fraction of sp³-hybridized carbons (Fsp3) is 0.444. The van der Waals surface area contributed by atoms with Gasteiger partial charge in [0.2, 0.25) is 0 Å². The van der Waals surface area contributed by atoms with E-state index in [9.17, 15) is 0 Å². The van der Waals surface area contributed by atoms with Gasteiger partial charge in [-0.1, -0.05) is 11.6 Å². The predicted molar refractivity (Wildman–Crippen MR) is 49.9 cm³/mol. The van der Waals surface area contributed by atoms with E-state index < -0.39 is 0 Å². The Balaban J connectivity index is 2.30. The second-order valence-electron chi connectivity index (χ2n) is 2.75. The molecule has 0 aliphatic rings. The van der Waals surface area contributed by atoms with Gasteiger partial charge in [-0.25, -0.2) is 4.98 Å². The molecule has 0 radical (unpaired) electrons. The first kappa shape index (κ1) is 8.47. The van der Waals surface area contributed by atoms with Crippen LogP contribution in [0.2, 0.25) is 0 Å². The third-order valence-corrected chi connectivity index (χ3v) is 2.23. The van der Waals surface area contributed by atoms with E-state index in [0.29, 0.717) is 0 Å². The van der Waals surface area contributed by atoms with Gasteiger partial charge in [0.25, 0.3) is 0 Å². The Labute approximate surface area is 71.8 Å². The van der Waals surface area contributed by atoms with Crippen molar-refractivity contribution in [2.45, 2.75) is 26.7 Å². The number of nitrogens with zero attached hydrogens (tertiary/aromatic N) is 1. The maximum absolute atomic E-state index is 4.20. The molecule has 0 aliphatic heterocycles. The summed E-state index contributed by atoms with van der Waals surface area (Å²) in [7, 11) is 0. The molecular formula is C9H13NS. The minimum absolute atomic E-state index is 1.09. The topological polar surface area (TPSA) is 12.9 Å². The van der Waals surface area contributed by atoms with E-state index in [2.05, 4.69) is 24.9 Å². The molecule has 0 aliphatic carbocycles. The summed E-state index contributed by atoms with van der Waals surface area (Å²) >= 11 is 1.73. The van der Waals surface area contributed by atoms with Crippen LogP contribution in [-0.2, 0) is 6.42 Å². The maximum Gasteiger partial charge on any atom is 0.0927 e. The van der Waals surface area contributed by atoms with Crippen LogP contribution in [0.5, 0.6) is 0 Å². The standard InChI is InChI=1S/C9H13NS/c1-8(2)4-3-5-9-10-6-7-11-9/h4,6-7H,3,5H2,1-2H3. The first-order valence-corrected chi connectivity index (χ1v) is 4.69. The molecule has 0 N–H and O–H groups in total. The van der Waals surface area contributed by atoms with Gasteiger partial charge in [-0.3, -0.25) is 0 Å². The van der Waals surface area contributed by atoms with Gasteiger partial charge in [0, 0.05) is 18.0 Å². The highest BCUT2D eigenvalue weighted by Crippen LogP contribution is 2.07. The number of hydrogen-bond donors (Lipinski definition) is 0. The second kappa shape index (κ2) is 4.29. The lowest BCUT2D eigenvalue weighted by Gasteiger charge is -1.90. The van der Waals surface area contributed by atoms with Crippen molar-refractivity contribution in [3.63, 3.8) is 0 Å². The van der Waals surface area contributed by atoms with Crippen molar-refractivity contribution in [3.8, 4) is 0 Å². The Morgan fingerprint density at radius 2 is 2.45 bits per heavy atom. The smallest absolute Gasteiger partial charge is 0.0927 e. The summed E-state index contributed by atoms with van der Waals surface area (Å²) in [6.07, 6.45) is 6.32. The molecule has 2 heteroatoms. The SMILES string of the molecule is CC(C)=CCCc1nccs1. The van der Waals surface area contributed by atoms with Crippen molar-refractivity contribution >= 4 is 11.3 Å². The van der Waals surface area contributed by atoms with E-state index in [-0.39, 0.29) is 0 Å². The molecule has 1 nitrogen and oxygen atoms in total. The van der Waals surface area contributed by atoms with Gasteiger partial charge in [-0.2, -0.15) is 0 Å². The van der Waals surface area contributed by atoms with E-state index in [4.69, 9.17) is 0 Å². The molecular weight excluding hydrogens is 154 g/mol. The third kappa shape index (κ3) is 3.33.